The van der Waals surface area contributed by atoms with Gasteiger partial charge in [-0.1, -0.05) is 23.4 Å². The zero-order valence-corrected chi connectivity index (χ0v) is 17.9. The summed E-state index contributed by atoms with van der Waals surface area (Å²) in [5.41, 5.74) is 1.04. The molecule has 0 aliphatic carbocycles. The normalized spacial score (nSPS) is 17.0. The predicted octanol–water partition coefficient (Wildman–Crippen LogP) is 3.73. The maximum Gasteiger partial charge on any atom is 0.241 e. The fraction of sp³-hybridized carbons (Fsp3) is 0.409. The van der Waals surface area contributed by atoms with Gasteiger partial charge in [0.1, 0.15) is 5.75 Å². The monoisotopic (exact) mass is 426 g/mol. The number of ether oxygens (including phenoxy) is 1. The quantitative estimate of drug-likeness (QED) is 0.591. The number of benzene rings is 1. The van der Waals surface area contributed by atoms with Gasteiger partial charge < -0.3 is 14.6 Å². The zero-order valence-electron chi connectivity index (χ0n) is 17.0. The Bertz CT molecular complexity index is 957. The summed E-state index contributed by atoms with van der Waals surface area (Å²) in [6.45, 7) is 5.28. The van der Waals surface area contributed by atoms with Crippen LogP contribution in [0, 0.1) is 5.92 Å². The first-order valence-electron chi connectivity index (χ1n) is 10.3. The van der Waals surface area contributed by atoms with Gasteiger partial charge in [0, 0.05) is 13.1 Å². The summed E-state index contributed by atoms with van der Waals surface area (Å²) in [4.78, 5) is 20.4. The minimum Gasteiger partial charge on any atom is -0.494 e. The van der Waals surface area contributed by atoms with Crippen molar-refractivity contribution in [3.8, 4) is 16.5 Å². The Morgan fingerprint density at radius 1 is 1.37 bits per heavy atom. The van der Waals surface area contributed by atoms with Gasteiger partial charge in [-0.2, -0.15) is 4.98 Å². The van der Waals surface area contributed by atoms with E-state index < -0.39 is 0 Å². The van der Waals surface area contributed by atoms with E-state index in [9.17, 15) is 4.79 Å². The van der Waals surface area contributed by atoms with Crippen molar-refractivity contribution in [2.45, 2.75) is 32.9 Å². The molecule has 30 heavy (non-hydrogen) atoms. The number of carbonyl (C=O) groups excluding carboxylic acids is 1. The lowest BCUT2D eigenvalue weighted by Crippen LogP contribution is -2.42. The predicted molar refractivity (Wildman–Crippen MR) is 115 cm³/mol. The van der Waals surface area contributed by atoms with Crippen molar-refractivity contribution < 1.29 is 14.1 Å². The van der Waals surface area contributed by atoms with Crippen molar-refractivity contribution in [1.82, 2.24) is 20.4 Å². The number of rotatable bonds is 8. The lowest BCUT2D eigenvalue weighted by molar-refractivity contribution is -0.127. The Hall–Kier alpha value is -2.71. The van der Waals surface area contributed by atoms with Crippen LogP contribution in [0.25, 0.3) is 10.7 Å². The van der Waals surface area contributed by atoms with E-state index in [0.29, 0.717) is 38.0 Å². The van der Waals surface area contributed by atoms with E-state index in [0.717, 1.165) is 35.6 Å². The maximum absolute atomic E-state index is 12.7. The molecule has 1 atom stereocenters. The molecule has 8 heteroatoms. The van der Waals surface area contributed by atoms with E-state index in [1.165, 1.54) is 0 Å². The third-order valence-corrected chi connectivity index (χ3v) is 5.99. The number of likely N-dealkylation sites (tertiary alicyclic amines) is 1. The molecule has 1 N–H and O–H groups in total. The maximum atomic E-state index is 12.7. The summed E-state index contributed by atoms with van der Waals surface area (Å²) < 4.78 is 10.9. The number of amides is 1. The molecule has 1 unspecified atom stereocenters. The van der Waals surface area contributed by atoms with Crippen LogP contribution in [0.5, 0.6) is 5.75 Å². The van der Waals surface area contributed by atoms with Crippen LogP contribution in [0.4, 0.5) is 0 Å². The molecule has 1 aliphatic heterocycles. The van der Waals surface area contributed by atoms with E-state index >= 15 is 0 Å². The second kappa shape index (κ2) is 9.86. The molecule has 1 aliphatic rings. The van der Waals surface area contributed by atoms with E-state index in [2.05, 4.69) is 20.4 Å². The van der Waals surface area contributed by atoms with Gasteiger partial charge in [0.2, 0.25) is 17.6 Å². The molecule has 3 heterocycles. The number of thiophene rings is 1. The number of nitrogens with zero attached hydrogens (tertiary/aromatic N) is 3. The molecular weight excluding hydrogens is 400 g/mol. The number of hydrogen-bond donors (Lipinski definition) is 1. The van der Waals surface area contributed by atoms with E-state index in [4.69, 9.17) is 9.26 Å². The fourth-order valence-electron chi connectivity index (χ4n) is 3.67. The largest absolute Gasteiger partial charge is 0.494 e. The number of hydrogen-bond acceptors (Lipinski definition) is 7. The molecule has 1 aromatic carbocycles. The van der Waals surface area contributed by atoms with E-state index in [-0.39, 0.29) is 11.8 Å². The summed E-state index contributed by atoms with van der Waals surface area (Å²) in [6, 6.07) is 11.8. The average molecular weight is 427 g/mol. The molecule has 2 aromatic heterocycles. The summed E-state index contributed by atoms with van der Waals surface area (Å²) in [5.74, 6) is 2.10. The minimum atomic E-state index is -0.0338. The van der Waals surface area contributed by atoms with Gasteiger partial charge in [-0.15, -0.1) is 11.3 Å². The zero-order chi connectivity index (χ0) is 20.8. The molecule has 0 saturated carbocycles. The van der Waals surface area contributed by atoms with Gasteiger partial charge >= 0.3 is 0 Å². The van der Waals surface area contributed by atoms with Crippen molar-refractivity contribution in [3.05, 3.63) is 53.2 Å². The molecule has 7 nitrogen and oxygen atoms in total. The Morgan fingerprint density at radius 2 is 2.30 bits per heavy atom. The van der Waals surface area contributed by atoms with Gasteiger partial charge in [0.25, 0.3) is 0 Å². The molecule has 0 spiro atoms. The van der Waals surface area contributed by atoms with Crippen LogP contribution < -0.4 is 10.1 Å². The Balaban J connectivity index is 1.29. The minimum absolute atomic E-state index is 0.0338. The molecule has 1 amide bonds. The fourth-order valence-corrected chi connectivity index (χ4v) is 4.32. The Kier molecular flexibility index (Phi) is 6.76. The molecule has 4 rings (SSSR count). The number of carbonyl (C=O) groups is 1. The first-order chi connectivity index (χ1) is 14.7. The van der Waals surface area contributed by atoms with E-state index in [1.54, 1.807) is 11.3 Å². The van der Waals surface area contributed by atoms with Crippen molar-refractivity contribution in [2.75, 3.05) is 19.7 Å². The third-order valence-electron chi connectivity index (χ3n) is 5.12. The van der Waals surface area contributed by atoms with Crippen molar-refractivity contribution in [3.63, 3.8) is 0 Å². The molecule has 158 valence electrons. The first-order valence-corrected chi connectivity index (χ1v) is 11.2. The molecule has 0 bridgehead atoms. The Labute approximate surface area is 180 Å². The lowest BCUT2D eigenvalue weighted by atomic mass is 9.97. The number of piperidine rings is 1. The van der Waals surface area contributed by atoms with Crippen LogP contribution in [-0.2, 0) is 17.9 Å². The van der Waals surface area contributed by atoms with Gasteiger partial charge in [0.15, 0.2) is 0 Å². The Morgan fingerprint density at radius 3 is 3.13 bits per heavy atom. The van der Waals surface area contributed by atoms with Gasteiger partial charge in [-0.3, -0.25) is 9.69 Å². The topological polar surface area (TPSA) is 80.5 Å². The number of aromatic nitrogens is 2. The summed E-state index contributed by atoms with van der Waals surface area (Å²) in [7, 11) is 0. The molecule has 0 radical (unpaired) electrons. The highest BCUT2D eigenvalue weighted by atomic mass is 32.1. The van der Waals surface area contributed by atoms with Crippen LogP contribution in [0.1, 0.15) is 31.2 Å². The molecule has 3 aromatic rings. The van der Waals surface area contributed by atoms with Crippen molar-refractivity contribution in [1.29, 1.82) is 0 Å². The second-order valence-electron chi connectivity index (χ2n) is 7.36. The number of nitrogens with one attached hydrogen (secondary N) is 1. The highest BCUT2D eigenvalue weighted by Crippen LogP contribution is 2.23. The first kappa shape index (κ1) is 20.6. The van der Waals surface area contributed by atoms with Crippen LogP contribution in [0.2, 0.25) is 0 Å². The summed E-state index contributed by atoms with van der Waals surface area (Å²) in [5, 5.41) is 9.14. The third kappa shape index (κ3) is 5.25. The summed E-state index contributed by atoms with van der Waals surface area (Å²) in [6.07, 6.45) is 1.87. The standard InChI is InChI=1S/C22H26N4O3S/c1-2-28-18-8-3-6-16(12-18)13-23-22(27)17-7-4-10-26(14-17)15-20-24-21(25-29-20)19-9-5-11-30-19/h3,5-6,8-9,11-12,17H,2,4,7,10,13-15H2,1H3,(H,23,27). The molecule has 1 saturated heterocycles. The van der Waals surface area contributed by atoms with Gasteiger partial charge in [-0.05, 0) is 55.5 Å². The van der Waals surface area contributed by atoms with Crippen LogP contribution in [0.3, 0.4) is 0 Å². The van der Waals surface area contributed by atoms with Crippen molar-refractivity contribution in [2.24, 2.45) is 5.92 Å². The van der Waals surface area contributed by atoms with Crippen LogP contribution >= 0.6 is 11.3 Å². The SMILES string of the molecule is CCOc1cccc(CNC(=O)C2CCCN(Cc3nc(-c4cccs4)no3)C2)c1. The molecule has 1 fully saturated rings. The highest BCUT2D eigenvalue weighted by molar-refractivity contribution is 7.13. The summed E-state index contributed by atoms with van der Waals surface area (Å²) >= 11 is 1.59. The van der Waals surface area contributed by atoms with Crippen LogP contribution in [-0.4, -0.2) is 40.6 Å². The highest BCUT2D eigenvalue weighted by Gasteiger charge is 2.26. The van der Waals surface area contributed by atoms with Gasteiger partial charge in [0.05, 0.1) is 23.9 Å². The average Bonchev–Trinajstić information content (AvgIpc) is 3.45. The molecular formula is C22H26N4O3S. The van der Waals surface area contributed by atoms with E-state index in [1.807, 2.05) is 48.7 Å². The second-order valence-corrected chi connectivity index (χ2v) is 8.31. The smallest absolute Gasteiger partial charge is 0.241 e. The van der Waals surface area contributed by atoms with Gasteiger partial charge in [-0.25, -0.2) is 0 Å². The van der Waals surface area contributed by atoms with Crippen LogP contribution in [0.15, 0.2) is 46.3 Å². The lowest BCUT2D eigenvalue weighted by Gasteiger charge is -2.30. The van der Waals surface area contributed by atoms with Crippen molar-refractivity contribution >= 4 is 17.2 Å².